The van der Waals surface area contributed by atoms with Crippen molar-refractivity contribution in [1.82, 2.24) is 21.3 Å². The zero-order chi connectivity index (χ0) is 32.5. The van der Waals surface area contributed by atoms with E-state index in [1.54, 1.807) is 19.1 Å². The molecule has 0 aliphatic heterocycles. The molecule has 5 atom stereocenters. The number of hydrogen-bond acceptors (Lipinski definition) is 7. The standard InChI is InChI=1S/C31H50N4O7S/c1-8-21(6)26(35-27(36)23(14-15-43-7)34-31(41)42-18-20(4)5)29(38)32-24(17-22-12-10-9-11-13-22)28(37)33-25(30(39)40)16-19(2)3/h9-13,19-21,23-26H,8,14-18H2,1-7H3,(H,32,38)(H,33,37)(H,34,41)(H,35,36)(H,39,40). The maximum Gasteiger partial charge on any atom is 0.407 e. The van der Waals surface area contributed by atoms with E-state index >= 15 is 0 Å². The highest BCUT2D eigenvalue weighted by Gasteiger charge is 2.33. The maximum absolute atomic E-state index is 13.7. The fourth-order valence-electron chi connectivity index (χ4n) is 4.17. The maximum atomic E-state index is 13.7. The monoisotopic (exact) mass is 622 g/mol. The van der Waals surface area contributed by atoms with Gasteiger partial charge in [-0.25, -0.2) is 9.59 Å². The number of carboxylic acids is 1. The molecular formula is C31H50N4O7S. The summed E-state index contributed by atoms with van der Waals surface area (Å²) in [6, 6.07) is 4.90. The number of ether oxygens (including phenoxy) is 1. The second-order valence-electron chi connectivity index (χ2n) is 11.6. The molecule has 5 unspecified atom stereocenters. The van der Waals surface area contributed by atoms with Gasteiger partial charge in [0.1, 0.15) is 24.2 Å². The summed E-state index contributed by atoms with van der Waals surface area (Å²) in [5, 5.41) is 20.4. The van der Waals surface area contributed by atoms with Gasteiger partial charge in [-0.15, -0.1) is 0 Å². The van der Waals surface area contributed by atoms with Crippen LogP contribution in [-0.2, 0) is 30.3 Å². The van der Waals surface area contributed by atoms with Gasteiger partial charge < -0.3 is 31.1 Å². The van der Waals surface area contributed by atoms with Gasteiger partial charge in [0.25, 0.3) is 0 Å². The van der Waals surface area contributed by atoms with Crippen molar-refractivity contribution < 1.29 is 33.8 Å². The normalized spacial score (nSPS) is 14.6. The number of benzene rings is 1. The molecule has 0 bridgehead atoms. The smallest absolute Gasteiger partial charge is 0.407 e. The van der Waals surface area contributed by atoms with E-state index in [0.717, 1.165) is 5.56 Å². The lowest BCUT2D eigenvalue weighted by Gasteiger charge is -2.29. The van der Waals surface area contributed by atoms with E-state index in [4.69, 9.17) is 4.74 Å². The fraction of sp³-hybridized carbons (Fsp3) is 0.645. The molecule has 0 saturated heterocycles. The highest BCUT2D eigenvalue weighted by molar-refractivity contribution is 7.98. The molecule has 1 aromatic rings. The number of hydrogen-bond donors (Lipinski definition) is 5. The first kappa shape index (κ1) is 37.7. The first-order chi connectivity index (χ1) is 20.3. The van der Waals surface area contributed by atoms with Crippen molar-refractivity contribution in [3.8, 4) is 0 Å². The zero-order valence-electron chi connectivity index (χ0n) is 26.5. The Hall–Kier alpha value is -3.28. The summed E-state index contributed by atoms with van der Waals surface area (Å²) in [6.45, 7) is 11.4. The molecule has 0 aliphatic rings. The van der Waals surface area contributed by atoms with E-state index in [1.807, 2.05) is 59.1 Å². The molecule has 0 radical (unpaired) electrons. The lowest BCUT2D eigenvalue weighted by Crippen LogP contribution is -2.59. The SMILES string of the molecule is CCC(C)C(NC(=O)C(CCSC)NC(=O)OCC(C)C)C(=O)NC(Cc1ccccc1)C(=O)NC(CC(C)C)C(=O)O. The quantitative estimate of drug-likeness (QED) is 0.157. The molecule has 5 N–H and O–H groups in total. The number of carbonyl (C=O) groups is 5. The summed E-state index contributed by atoms with van der Waals surface area (Å²) < 4.78 is 5.19. The van der Waals surface area contributed by atoms with Crippen LogP contribution in [0.15, 0.2) is 30.3 Å². The Morgan fingerprint density at radius 1 is 0.814 bits per heavy atom. The van der Waals surface area contributed by atoms with Crippen molar-refractivity contribution in [3.63, 3.8) is 0 Å². The lowest BCUT2D eigenvalue weighted by atomic mass is 9.96. The van der Waals surface area contributed by atoms with Crippen molar-refractivity contribution in [2.75, 3.05) is 18.6 Å². The minimum absolute atomic E-state index is 0.0175. The van der Waals surface area contributed by atoms with Crippen LogP contribution in [0.1, 0.15) is 66.4 Å². The lowest BCUT2D eigenvalue weighted by molar-refractivity contribution is -0.142. The summed E-state index contributed by atoms with van der Waals surface area (Å²) in [7, 11) is 0. The Morgan fingerprint density at radius 3 is 1.95 bits per heavy atom. The molecule has 11 nitrogen and oxygen atoms in total. The number of amides is 4. The van der Waals surface area contributed by atoms with Gasteiger partial charge in [-0.1, -0.05) is 78.3 Å². The molecule has 0 spiro atoms. The van der Waals surface area contributed by atoms with Gasteiger partial charge in [-0.2, -0.15) is 11.8 Å². The molecule has 0 heterocycles. The van der Waals surface area contributed by atoms with Crippen LogP contribution in [0.5, 0.6) is 0 Å². The van der Waals surface area contributed by atoms with Crippen LogP contribution in [-0.4, -0.2) is 77.7 Å². The van der Waals surface area contributed by atoms with E-state index in [1.165, 1.54) is 11.8 Å². The number of nitrogens with one attached hydrogen (secondary N) is 4. The minimum atomic E-state index is -1.16. The Labute approximate surface area is 260 Å². The van der Waals surface area contributed by atoms with Crippen molar-refractivity contribution >= 4 is 41.5 Å². The van der Waals surface area contributed by atoms with Gasteiger partial charge in [-0.05, 0) is 48.2 Å². The molecule has 0 fully saturated rings. The number of thioether (sulfide) groups is 1. The molecule has 0 aromatic heterocycles. The molecule has 4 amide bonds. The second-order valence-corrected chi connectivity index (χ2v) is 12.6. The minimum Gasteiger partial charge on any atom is -0.480 e. The Balaban J connectivity index is 3.20. The van der Waals surface area contributed by atoms with Crippen LogP contribution < -0.4 is 21.3 Å². The topological polar surface area (TPSA) is 163 Å². The average molecular weight is 623 g/mol. The third kappa shape index (κ3) is 14.6. The summed E-state index contributed by atoms with van der Waals surface area (Å²) in [5.74, 6) is -2.50. The van der Waals surface area contributed by atoms with Gasteiger partial charge in [-0.3, -0.25) is 14.4 Å². The Kier molecular flexibility index (Phi) is 17.4. The van der Waals surface area contributed by atoms with Crippen LogP contribution in [0.25, 0.3) is 0 Å². The molecule has 12 heteroatoms. The molecular weight excluding hydrogens is 572 g/mol. The van der Waals surface area contributed by atoms with Crippen LogP contribution >= 0.6 is 11.8 Å². The molecule has 0 saturated carbocycles. The van der Waals surface area contributed by atoms with Gasteiger partial charge in [0.2, 0.25) is 17.7 Å². The van der Waals surface area contributed by atoms with E-state index in [9.17, 15) is 29.1 Å². The van der Waals surface area contributed by atoms with Crippen LogP contribution in [0, 0.1) is 17.8 Å². The zero-order valence-corrected chi connectivity index (χ0v) is 27.3. The molecule has 1 aromatic carbocycles. The predicted octanol–water partition coefficient (Wildman–Crippen LogP) is 3.36. The van der Waals surface area contributed by atoms with E-state index in [2.05, 4.69) is 21.3 Å². The predicted molar refractivity (Wildman–Crippen MR) is 169 cm³/mol. The van der Waals surface area contributed by atoms with E-state index in [0.29, 0.717) is 18.6 Å². The highest BCUT2D eigenvalue weighted by Crippen LogP contribution is 2.13. The first-order valence-electron chi connectivity index (χ1n) is 14.9. The van der Waals surface area contributed by atoms with Gasteiger partial charge in [0, 0.05) is 6.42 Å². The third-order valence-corrected chi connectivity index (χ3v) is 7.44. The molecule has 0 aliphatic carbocycles. The summed E-state index contributed by atoms with van der Waals surface area (Å²) in [4.78, 5) is 64.6. The summed E-state index contributed by atoms with van der Waals surface area (Å²) >= 11 is 1.51. The largest absolute Gasteiger partial charge is 0.480 e. The first-order valence-corrected chi connectivity index (χ1v) is 16.3. The summed E-state index contributed by atoms with van der Waals surface area (Å²) in [5.41, 5.74) is 0.768. The van der Waals surface area contributed by atoms with E-state index in [-0.39, 0.29) is 37.2 Å². The Bertz CT molecular complexity index is 1040. The summed E-state index contributed by atoms with van der Waals surface area (Å²) in [6.07, 6.45) is 2.38. The van der Waals surface area contributed by atoms with E-state index < -0.39 is 54.0 Å². The molecule has 43 heavy (non-hydrogen) atoms. The molecule has 242 valence electrons. The van der Waals surface area contributed by atoms with Gasteiger partial charge in [0.15, 0.2) is 0 Å². The van der Waals surface area contributed by atoms with Crippen molar-refractivity contribution in [2.24, 2.45) is 17.8 Å². The third-order valence-electron chi connectivity index (χ3n) is 6.80. The van der Waals surface area contributed by atoms with Crippen molar-refractivity contribution in [1.29, 1.82) is 0 Å². The second kappa shape index (κ2) is 19.8. The average Bonchev–Trinajstić information content (AvgIpc) is 2.95. The molecule has 1 rings (SSSR count). The Morgan fingerprint density at radius 2 is 1.42 bits per heavy atom. The highest BCUT2D eigenvalue weighted by atomic mass is 32.2. The van der Waals surface area contributed by atoms with Crippen molar-refractivity contribution in [3.05, 3.63) is 35.9 Å². The van der Waals surface area contributed by atoms with Crippen LogP contribution in [0.3, 0.4) is 0 Å². The fourth-order valence-corrected chi connectivity index (χ4v) is 4.64. The number of rotatable bonds is 19. The van der Waals surface area contributed by atoms with Crippen LogP contribution in [0.4, 0.5) is 4.79 Å². The van der Waals surface area contributed by atoms with Gasteiger partial charge >= 0.3 is 12.1 Å². The number of alkyl carbamates (subject to hydrolysis) is 1. The van der Waals surface area contributed by atoms with Crippen LogP contribution in [0.2, 0.25) is 0 Å². The number of carboxylic acid groups (broad SMARTS) is 1. The van der Waals surface area contributed by atoms with Crippen molar-refractivity contribution in [2.45, 2.75) is 91.4 Å². The number of aliphatic carboxylic acids is 1. The van der Waals surface area contributed by atoms with Gasteiger partial charge in [0.05, 0.1) is 6.61 Å². The number of carbonyl (C=O) groups excluding carboxylic acids is 4.